The Morgan fingerprint density at radius 2 is 1.94 bits per heavy atom. The number of pyridine rings is 1. The third-order valence-corrected chi connectivity index (χ3v) is 7.03. The van der Waals surface area contributed by atoms with E-state index < -0.39 is 5.79 Å². The van der Waals surface area contributed by atoms with Crippen LogP contribution in [-0.2, 0) is 20.6 Å². The second-order valence-electron chi connectivity index (χ2n) is 8.97. The first-order valence-corrected chi connectivity index (χ1v) is 12.1. The van der Waals surface area contributed by atoms with Gasteiger partial charge in [-0.3, -0.25) is 4.98 Å². The van der Waals surface area contributed by atoms with E-state index in [0.717, 1.165) is 39.3 Å². The highest BCUT2D eigenvalue weighted by Crippen LogP contribution is 2.45. The summed E-state index contributed by atoms with van der Waals surface area (Å²) in [6, 6.07) is 10.4. The number of aromatic nitrogens is 4. The molecule has 5 heterocycles. The van der Waals surface area contributed by atoms with Gasteiger partial charge in [0.2, 0.25) is 0 Å². The number of rotatable bonds is 4. The smallest absolute Gasteiger partial charge is 0.164 e. The average molecular weight is 530 g/mol. The molecule has 2 fully saturated rings. The number of nitrogens with zero attached hydrogens (tertiary/aromatic N) is 4. The molecule has 2 aliphatic heterocycles. The zero-order chi connectivity index (χ0) is 22.7. The zero-order valence-corrected chi connectivity index (χ0v) is 20.5. The lowest BCUT2D eigenvalue weighted by molar-refractivity contribution is -0.196. The summed E-state index contributed by atoms with van der Waals surface area (Å²) in [6.07, 6.45) is 5.96. The average Bonchev–Trinajstić information content (AvgIpc) is 3.44. The van der Waals surface area contributed by atoms with E-state index >= 15 is 0 Å². The van der Waals surface area contributed by atoms with Gasteiger partial charge in [0.25, 0.3) is 0 Å². The van der Waals surface area contributed by atoms with Crippen molar-refractivity contribution in [2.45, 2.75) is 57.0 Å². The predicted molar refractivity (Wildman–Crippen MR) is 128 cm³/mol. The third-order valence-electron chi connectivity index (χ3n) is 6.29. The number of aryl methyl sites for hydroxylation is 1. The highest BCUT2D eigenvalue weighted by atomic mass is 79.9. The Balaban J connectivity index is 1.27. The number of fused-ring (bicyclic) bond motifs is 3. The molecule has 0 N–H and O–H groups in total. The van der Waals surface area contributed by atoms with E-state index in [0.29, 0.717) is 5.15 Å². The normalized spacial score (nSPS) is 26.3. The van der Waals surface area contributed by atoms with Gasteiger partial charge < -0.3 is 18.8 Å². The second-order valence-corrected chi connectivity index (χ2v) is 10.2. The molecule has 3 aromatic heterocycles. The van der Waals surface area contributed by atoms with Crippen LogP contribution in [0.4, 0.5) is 0 Å². The van der Waals surface area contributed by atoms with Crippen molar-refractivity contribution in [2.24, 2.45) is 0 Å². The van der Waals surface area contributed by atoms with Gasteiger partial charge in [-0.1, -0.05) is 23.7 Å². The van der Waals surface area contributed by atoms with Gasteiger partial charge in [-0.15, -0.1) is 0 Å². The number of hydrogen-bond acceptors (Lipinski definition) is 6. The molecular formula is C24H22BrClN4O3. The van der Waals surface area contributed by atoms with Crippen LogP contribution in [0.25, 0.3) is 21.9 Å². The van der Waals surface area contributed by atoms with E-state index in [1.54, 1.807) is 0 Å². The molecule has 0 unspecified atom stereocenters. The minimum absolute atomic E-state index is 0.120. The Bertz CT molecular complexity index is 1360. The third kappa shape index (κ3) is 3.84. The molecule has 170 valence electrons. The van der Waals surface area contributed by atoms with E-state index in [4.69, 9.17) is 25.8 Å². The topological polar surface area (TPSA) is 71.3 Å². The lowest BCUT2D eigenvalue weighted by Crippen LogP contribution is -2.29. The minimum Gasteiger partial charge on any atom is -0.349 e. The zero-order valence-electron chi connectivity index (χ0n) is 18.1. The summed E-state index contributed by atoms with van der Waals surface area (Å²) in [4.78, 5) is 13.0. The standard InChI is InChI=1S/C24H22BrClN4O3/c1-24(2)32-19-18(6-4-13-3-5-14-10-15(25)11-27-17(14)9-13)31-23(20(19)33-24)30-8-7-16-21(26)28-12-29-22(16)30/h3,5,7-12,18-20,23H,4,6H2,1-2H3/t18-,19-,20-,23-/m1/s1. The van der Waals surface area contributed by atoms with Crippen molar-refractivity contribution in [3.05, 3.63) is 64.2 Å². The van der Waals surface area contributed by atoms with E-state index in [1.165, 1.54) is 11.9 Å². The van der Waals surface area contributed by atoms with E-state index in [1.807, 2.05) is 36.9 Å². The van der Waals surface area contributed by atoms with E-state index in [2.05, 4.69) is 55.1 Å². The molecule has 0 radical (unpaired) electrons. The van der Waals surface area contributed by atoms with Crippen molar-refractivity contribution >= 4 is 49.5 Å². The highest BCUT2D eigenvalue weighted by Gasteiger charge is 2.55. The molecule has 9 heteroatoms. The maximum Gasteiger partial charge on any atom is 0.164 e. The van der Waals surface area contributed by atoms with Gasteiger partial charge in [-0.05, 0) is 66.4 Å². The molecule has 4 atom stereocenters. The Morgan fingerprint density at radius 3 is 2.82 bits per heavy atom. The molecule has 2 saturated heterocycles. The highest BCUT2D eigenvalue weighted by molar-refractivity contribution is 9.10. The first-order chi connectivity index (χ1) is 15.9. The van der Waals surface area contributed by atoms with Crippen molar-refractivity contribution in [2.75, 3.05) is 0 Å². The number of halogens is 2. The molecule has 2 aliphatic rings. The van der Waals surface area contributed by atoms with Crippen LogP contribution in [0.15, 0.2) is 53.5 Å². The molecular weight excluding hydrogens is 508 g/mol. The van der Waals surface area contributed by atoms with Gasteiger partial charge >= 0.3 is 0 Å². The maximum absolute atomic E-state index is 6.53. The predicted octanol–water partition coefficient (Wildman–Crippen LogP) is 5.45. The summed E-state index contributed by atoms with van der Waals surface area (Å²) < 4.78 is 22.0. The van der Waals surface area contributed by atoms with Gasteiger partial charge in [0.15, 0.2) is 12.0 Å². The van der Waals surface area contributed by atoms with Crippen molar-refractivity contribution in [3.8, 4) is 0 Å². The largest absolute Gasteiger partial charge is 0.349 e. The fourth-order valence-corrected chi connectivity index (χ4v) is 5.41. The molecule has 4 aromatic rings. The van der Waals surface area contributed by atoms with Crippen LogP contribution < -0.4 is 0 Å². The molecule has 1 aromatic carbocycles. The van der Waals surface area contributed by atoms with Crippen LogP contribution in [-0.4, -0.2) is 43.6 Å². The Kier molecular flexibility index (Phi) is 5.19. The molecule has 6 rings (SSSR count). The molecule has 0 spiro atoms. The Hall–Kier alpha value is -2.10. The monoisotopic (exact) mass is 528 g/mol. The lowest BCUT2D eigenvalue weighted by atomic mass is 10.0. The van der Waals surface area contributed by atoms with Crippen LogP contribution >= 0.6 is 27.5 Å². The van der Waals surface area contributed by atoms with Crippen LogP contribution in [0.3, 0.4) is 0 Å². The molecule has 0 bridgehead atoms. The molecule has 0 amide bonds. The van der Waals surface area contributed by atoms with Crippen molar-refractivity contribution in [3.63, 3.8) is 0 Å². The quantitative estimate of drug-likeness (QED) is 0.328. The van der Waals surface area contributed by atoms with Gasteiger partial charge in [0, 0.05) is 22.3 Å². The molecule has 33 heavy (non-hydrogen) atoms. The van der Waals surface area contributed by atoms with Gasteiger partial charge in [-0.25, -0.2) is 9.97 Å². The number of ether oxygens (including phenoxy) is 3. The first-order valence-electron chi connectivity index (χ1n) is 10.9. The van der Waals surface area contributed by atoms with Gasteiger partial charge in [-0.2, -0.15) is 0 Å². The number of hydrogen-bond donors (Lipinski definition) is 0. The fraction of sp³-hybridized carbons (Fsp3) is 0.375. The summed E-state index contributed by atoms with van der Waals surface area (Å²) in [5.41, 5.74) is 2.92. The summed E-state index contributed by atoms with van der Waals surface area (Å²) in [5, 5.41) is 2.32. The molecule has 0 saturated carbocycles. The number of benzene rings is 1. The van der Waals surface area contributed by atoms with Crippen LogP contribution in [0.2, 0.25) is 5.15 Å². The molecule has 0 aliphatic carbocycles. The Morgan fingerprint density at radius 1 is 1.09 bits per heavy atom. The summed E-state index contributed by atoms with van der Waals surface area (Å²) >= 11 is 9.74. The SMILES string of the molecule is CC1(C)O[C@@H]2[C@H](O1)[C@@H](CCc1ccc3cc(Br)cnc3c1)O[C@H]2n1ccc2c(Cl)ncnc21. The maximum atomic E-state index is 6.53. The first kappa shape index (κ1) is 21.4. The van der Waals surface area contributed by atoms with Crippen molar-refractivity contribution < 1.29 is 14.2 Å². The van der Waals surface area contributed by atoms with Crippen LogP contribution in [0.5, 0.6) is 0 Å². The summed E-state index contributed by atoms with van der Waals surface area (Å²) in [6.45, 7) is 3.89. The minimum atomic E-state index is -0.675. The van der Waals surface area contributed by atoms with E-state index in [9.17, 15) is 0 Å². The van der Waals surface area contributed by atoms with Gasteiger partial charge in [0.1, 0.15) is 29.3 Å². The van der Waals surface area contributed by atoms with Crippen LogP contribution in [0, 0.1) is 0 Å². The summed E-state index contributed by atoms with van der Waals surface area (Å²) in [5.74, 6) is -0.675. The second kappa shape index (κ2) is 7.99. The summed E-state index contributed by atoms with van der Waals surface area (Å²) in [7, 11) is 0. The van der Waals surface area contributed by atoms with Gasteiger partial charge in [0.05, 0.1) is 17.0 Å². The lowest BCUT2D eigenvalue weighted by Gasteiger charge is -2.25. The molecule has 7 nitrogen and oxygen atoms in total. The van der Waals surface area contributed by atoms with Crippen molar-refractivity contribution in [1.29, 1.82) is 0 Å². The van der Waals surface area contributed by atoms with Crippen LogP contribution in [0.1, 0.15) is 32.1 Å². The fourth-order valence-electron chi connectivity index (χ4n) is 4.87. The van der Waals surface area contributed by atoms with Crippen molar-refractivity contribution in [1.82, 2.24) is 19.5 Å². The Labute approximate surface area is 204 Å². The van der Waals surface area contributed by atoms with E-state index in [-0.39, 0.29) is 24.5 Å².